The molecule has 17 heavy (non-hydrogen) atoms. The van der Waals surface area contributed by atoms with Crippen LogP contribution in [0.1, 0.15) is 12.0 Å². The van der Waals surface area contributed by atoms with E-state index in [1.54, 1.807) is 13.2 Å². The molecule has 4 nitrogen and oxygen atoms in total. The van der Waals surface area contributed by atoms with Crippen molar-refractivity contribution in [3.63, 3.8) is 0 Å². The monoisotopic (exact) mass is 253 g/mol. The Balaban J connectivity index is 0.00000144. The number of halogens is 1. The number of nitrogens with two attached hydrogens (primary N) is 1. The van der Waals surface area contributed by atoms with Crippen LogP contribution in [0.2, 0.25) is 0 Å². The van der Waals surface area contributed by atoms with Crippen molar-refractivity contribution >= 4 is 18.1 Å². The third kappa shape index (κ3) is 2.82. The Hall–Kier alpha value is -1.44. The van der Waals surface area contributed by atoms with E-state index in [0.29, 0.717) is 11.3 Å². The van der Waals surface area contributed by atoms with Crippen LogP contribution >= 0.6 is 12.4 Å². The summed E-state index contributed by atoms with van der Waals surface area (Å²) in [6.45, 7) is 1.74. The van der Waals surface area contributed by atoms with E-state index < -0.39 is 0 Å². The van der Waals surface area contributed by atoms with Crippen molar-refractivity contribution in [2.45, 2.75) is 12.5 Å². The molecule has 5 heteroatoms. The molecule has 1 aromatic carbocycles. The SMILES string of the molecule is COc1ccc(N2CC[C@H](N)C2)c(C#N)c1.Cl. The first-order valence-electron chi connectivity index (χ1n) is 5.33. The summed E-state index contributed by atoms with van der Waals surface area (Å²) in [4.78, 5) is 2.16. The van der Waals surface area contributed by atoms with Gasteiger partial charge in [-0.25, -0.2) is 0 Å². The topological polar surface area (TPSA) is 62.3 Å². The van der Waals surface area contributed by atoms with Gasteiger partial charge < -0.3 is 15.4 Å². The molecule has 0 saturated carbocycles. The zero-order valence-corrected chi connectivity index (χ0v) is 10.5. The van der Waals surface area contributed by atoms with E-state index >= 15 is 0 Å². The lowest BCUT2D eigenvalue weighted by molar-refractivity contribution is 0.414. The van der Waals surface area contributed by atoms with Crippen molar-refractivity contribution in [3.05, 3.63) is 23.8 Å². The lowest BCUT2D eigenvalue weighted by atomic mass is 10.1. The summed E-state index contributed by atoms with van der Waals surface area (Å²) in [5.74, 6) is 0.712. The van der Waals surface area contributed by atoms with Gasteiger partial charge in [0.2, 0.25) is 0 Å². The van der Waals surface area contributed by atoms with Crippen LogP contribution in [-0.2, 0) is 0 Å². The fraction of sp³-hybridized carbons (Fsp3) is 0.417. The van der Waals surface area contributed by atoms with Crippen molar-refractivity contribution in [3.8, 4) is 11.8 Å². The molecule has 1 saturated heterocycles. The van der Waals surface area contributed by atoms with Crippen molar-refractivity contribution in [1.82, 2.24) is 0 Å². The average molecular weight is 254 g/mol. The van der Waals surface area contributed by atoms with E-state index in [9.17, 15) is 0 Å². The fourth-order valence-corrected chi connectivity index (χ4v) is 2.01. The third-order valence-corrected chi connectivity index (χ3v) is 2.89. The van der Waals surface area contributed by atoms with E-state index in [-0.39, 0.29) is 18.4 Å². The quantitative estimate of drug-likeness (QED) is 0.868. The Morgan fingerprint density at radius 1 is 1.53 bits per heavy atom. The van der Waals surface area contributed by atoms with Crippen LogP contribution in [0, 0.1) is 11.3 Å². The van der Waals surface area contributed by atoms with E-state index in [1.165, 1.54) is 0 Å². The number of hydrogen-bond acceptors (Lipinski definition) is 4. The molecule has 1 aromatic rings. The molecule has 0 aromatic heterocycles. The second kappa shape index (κ2) is 5.76. The first-order chi connectivity index (χ1) is 7.74. The zero-order chi connectivity index (χ0) is 11.5. The summed E-state index contributed by atoms with van der Waals surface area (Å²) in [6, 6.07) is 7.98. The Bertz CT molecular complexity index is 430. The van der Waals surface area contributed by atoms with Gasteiger partial charge in [0, 0.05) is 19.1 Å². The number of nitriles is 1. The van der Waals surface area contributed by atoms with Crippen molar-refractivity contribution < 1.29 is 4.74 Å². The molecular weight excluding hydrogens is 238 g/mol. The molecule has 0 aliphatic carbocycles. The Morgan fingerprint density at radius 2 is 2.29 bits per heavy atom. The molecule has 1 aliphatic rings. The first-order valence-corrected chi connectivity index (χ1v) is 5.33. The summed E-state index contributed by atoms with van der Waals surface area (Å²) in [6.07, 6.45) is 0.983. The molecule has 2 rings (SSSR count). The van der Waals surface area contributed by atoms with Gasteiger partial charge in [-0.05, 0) is 24.6 Å². The third-order valence-electron chi connectivity index (χ3n) is 2.89. The normalized spacial score (nSPS) is 18.4. The highest BCUT2D eigenvalue weighted by Gasteiger charge is 2.21. The van der Waals surface area contributed by atoms with Gasteiger partial charge >= 0.3 is 0 Å². The van der Waals surface area contributed by atoms with Gasteiger partial charge in [-0.15, -0.1) is 12.4 Å². The fourth-order valence-electron chi connectivity index (χ4n) is 2.01. The maximum Gasteiger partial charge on any atom is 0.120 e. The molecule has 1 aliphatic heterocycles. The Labute approximate surface area is 107 Å². The number of nitrogens with zero attached hydrogens (tertiary/aromatic N) is 2. The maximum absolute atomic E-state index is 9.10. The number of rotatable bonds is 2. The molecule has 2 N–H and O–H groups in total. The van der Waals surface area contributed by atoms with Crippen LogP contribution in [-0.4, -0.2) is 26.2 Å². The van der Waals surface area contributed by atoms with Gasteiger partial charge in [0.1, 0.15) is 11.8 Å². The first kappa shape index (κ1) is 13.6. The molecule has 1 fully saturated rings. The van der Waals surface area contributed by atoms with Crippen LogP contribution < -0.4 is 15.4 Å². The van der Waals surface area contributed by atoms with Crippen LogP contribution in [0.25, 0.3) is 0 Å². The van der Waals surface area contributed by atoms with E-state index in [1.807, 2.05) is 12.1 Å². The van der Waals surface area contributed by atoms with E-state index in [0.717, 1.165) is 25.2 Å². The second-order valence-corrected chi connectivity index (χ2v) is 3.99. The Kier molecular flexibility index (Phi) is 4.62. The molecular formula is C12H16ClN3O. The largest absolute Gasteiger partial charge is 0.497 e. The molecule has 1 atom stereocenters. The summed E-state index contributed by atoms with van der Waals surface area (Å²) in [5, 5.41) is 9.10. The summed E-state index contributed by atoms with van der Waals surface area (Å²) in [7, 11) is 1.60. The minimum Gasteiger partial charge on any atom is -0.497 e. The van der Waals surface area contributed by atoms with Crippen molar-refractivity contribution in [1.29, 1.82) is 5.26 Å². The zero-order valence-electron chi connectivity index (χ0n) is 9.72. The van der Waals surface area contributed by atoms with Gasteiger partial charge in [0.15, 0.2) is 0 Å². The summed E-state index contributed by atoms with van der Waals surface area (Å²) < 4.78 is 5.10. The van der Waals surface area contributed by atoms with Gasteiger partial charge in [-0.3, -0.25) is 0 Å². The summed E-state index contributed by atoms with van der Waals surface area (Å²) >= 11 is 0. The summed E-state index contributed by atoms with van der Waals surface area (Å²) in [5.41, 5.74) is 7.46. The minimum absolute atomic E-state index is 0. The molecule has 92 valence electrons. The van der Waals surface area contributed by atoms with Gasteiger partial charge in [0.25, 0.3) is 0 Å². The van der Waals surface area contributed by atoms with E-state index in [2.05, 4.69) is 11.0 Å². The average Bonchev–Trinajstić information content (AvgIpc) is 2.74. The second-order valence-electron chi connectivity index (χ2n) is 3.99. The Morgan fingerprint density at radius 3 is 2.82 bits per heavy atom. The lowest BCUT2D eigenvalue weighted by Gasteiger charge is -2.19. The van der Waals surface area contributed by atoms with Crippen molar-refractivity contribution in [2.24, 2.45) is 5.73 Å². The standard InChI is InChI=1S/C12H15N3O.ClH/c1-16-11-2-3-12(9(6-11)7-13)15-5-4-10(14)8-15;/h2-3,6,10H,4-5,8,14H2,1H3;1H/t10-;/m0./s1. The van der Waals surface area contributed by atoms with Crippen LogP contribution in [0.4, 0.5) is 5.69 Å². The number of benzene rings is 1. The van der Waals surface area contributed by atoms with Gasteiger partial charge in [-0.1, -0.05) is 0 Å². The molecule has 0 radical (unpaired) electrons. The van der Waals surface area contributed by atoms with E-state index in [4.69, 9.17) is 15.7 Å². The molecule has 0 amide bonds. The van der Waals surface area contributed by atoms with Crippen LogP contribution in [0.5, 0.6) is 5.75 Å². The molecule has 0 bridgehead atoms. The number of anilines is 1. The predicted octanol–water partition coefficient (Wildman–Crippen LogP) is 1.53. The number of hydrogen-bond donors (Lipinski definition) is 1. The molecule has 0 spiro atoms. The van der Waals surface area contributed by atoms with Crippen LogP contribution in [0.3, 0.4) is 0 Å². The van der Waals surface area contributed by atoms with Crippen molar-refractivity contribution in [2.75, 3.05) is 25.1 Å². The smallest absolute Gasteiger partial charge is 0.120 e. The predicted molar refractivity (Wildman–Crippen MR) is 69.8 cm³/mol. The van der Waals surface area contributed by atoms with Crippen LogP contribution in [0.15, 0.2) is 18.2 Å². The van der Waals surface area contributed by atoms with Gasteiger partial charge in [0.05, 0.1) is 18.4 Å². The van der Waals surface area contributed by atoms with Gasteiger partial charge in [-0.2, -0.15) is 5.26 Å². The maximum atomic E-state index is 9.10. The minimum atomic E-state index is 0. The highest BCUT2D eigenvalue weighted by atomic mass is 35.5. The molecule has 1 heterocycles. The highest BCUT2D eigenvalue weighted by Crippen LogP contribution is 2.27. The highest BCUT2D eigenvalue weighted by molar-refractivity contribution is 5.85. The molecule has 0 unspecified atom stereocenters. The number of methoxy groups -OCH3 is 1. The number of ether oxygens (including phenoxy) is 1. The lowest BCUT2D eigenvalue weighted by Crippen LogP contribution is -2.26.